The standard InChI is InChI=1S/C7H13N5/c1-12-4-7(10-11-12)5-2-9-3-6(5)8/h4-6,9H,2-3,8H2,1H3. The molecule has 1 aromatic heterocycles. The van der Waals surface area contributed by atoms with Gasteiger partial charge in [-0.1, -0.05) is 5.21 Å². The molecule has 1 fully saturated rings. The van der Waals surface area contributed by atoms with Crippen LogP contribution in [0.1, 0.15) is 11.6 Å². The van der Waals surface area contributed by atoms with Crippen molar-refractivity contribution in [3.8, 4) is 0 Å². The van der Waals surface area contributed by atoms with Crippen LogP contribution in [0, 0.1) is 0 Å². The van der Waals surface area contributed by atoms with Gasteiger partial charge in [0.1, 0.15) is 0 Å². The van der Waals surface area contributed by atoms with E-state index in [1.807, 2.05) is 13.2 Å². The van der Waals surface area contributed by atoms with Crippen LogP contribution in [0.5, 0.6) is 0 Å². The monoisotopic (exact) mass is 167 g/mol. The zero-order valence-electron chi connectivity index (χ0n) is 7.07. The Hall–Kier alpha value is -0.940. The Kier molecular flexibility index (Phi) is 1.82. The van der Waals surface area contributed by atoms with Crippen molar-refractivity contribution in [3.05, 3.63) is 11.9 Å². The van der Waals surface area contributed by atoms with E-state index in [-0.39, 0.29) is 6.04 Å². The van der Waals surface area contributed by atoms with E-state index in [0.29, 0.717) is 5.92 Å². The van der Waals surface area contributed by atoms with Crippen molar-refractivity contribution in [2.45, 2.75) is 12.0 Å². The fourth-order valence-corrected chi connectivity index (χ4v) is 1.56. The molecule has 0 saturated carbocycles. The molecule has 0 aliphatic carbocycles. The highest BCUT2D eigenvalue weighted by atomic mass is 15.4. The lowest BCUT2D eigenvalue weighted by Gasteiger charge is -2.09. The Morgan fingerprint density at radius 3 is 3.00 bits per heavy atom. The molecule has 2 atom stereocenters. The van der Waals surface area contributed by atoms with Crippen LogP contribution in [0.25, 0.3) is 0 Å². The van der Waals surface area contributed by atoms with Crippen molar-refractivity contribution in [1.29, 1.82) is 0 Å². The average Bonchev–Trinajstić information content (AvgIpc) is 2.58. The second-order valence-corrected chi connectivity index (χ2v) is 3.25. The number of aryl methyl sites for hydroxylation is 1. The van der Waals surface area contributed by atoms with Crippen LogP contribution >= 0.6 is 0 Å². The molecule has 2 rings (SSSR count). The second-order valence-electron chi connectivity index (χ2n) is 3.25. The Labute approximate surface area is 70.9 Å². The van der Waals surface area contributed by atoms with Gasteiger partial charge in [0.2, 0.25) is 0 Å². The molecule has 0 radical (unpaired) electrons. The largest absolute Gasteiger partial charge is 0.326 e. The molecule has 5 nitrogen and oxygen atoms in total. The number of nitrogens with zero attached hydrogens (tertiary/aromatic N) is 3. The van der Waals surface area contributed by atoms with Crippen molar-refractivity contribution in [1.82, 2.24) is 20.3 Å². The molecule has 0 amide bonds. The van der Waals surface area contributed by atoms with Crippen molar-refractivity contribution >= 4 is 0 Å². The minimum atomic E-state index is 0.182. The van der Waals surface area contributed by atoms with Crippen molar-refractivity contribution < 1.29 is 0 Å². The highest BCUT2D eigenvalue weighted by Crippen LogP contribution is 2.18. The maximum absolute atomic E-state index is 5.88. The third-order valence-corrected chi connectivity index (χ3v) is 2.26. The van der Waals surface area contributed by atoms with Crippen LogP contribution in [0.4, 0.5) is 0 Å². The predicted octanol–water partition coefficient (Wildman–Crippen LogP) is -1.17. The molecule has 3 N–H and O–H groups in total. The Morgan fingerprint density at radius 2 is 2.50 bits per heavy atom. The van der Waals surface area contributed by atoms with E-state index in [1.165, 1.54) is 0 Å². The molecule has 66 valence electrons. The van der Waals surface area contributed by atoms with E-state index in [1.54, 1.807) is 4.68 Å². The first-order valence-corrected chi connectivity index (χ1v) is 4.10. The fourth-order valence-electron chi connectivity index (χ4n) is 1.56. The molecular weight excluding hydrogens is 154 g/mol. The summed E-state index contributed by atoms with van der Waals surface area (Å²) in [7, 11) is 1.87. The van der Waals surface area contributed by atoms with Crippen LogP contribution in [0.15, 0.2) is 6.20 Å². The lowest BCUT2D eigenvalue weighted by molar-refractivity contribution is 0.633. The smallest absolute Gasteiger partial charge is 0.0886 e. The van der Waals surface area contributed by atoms with Gasteiger partial charge in [-0.3, -0.25) is 4.68 Å². The topological polar surface area (TPSA) is 68.8 Å². The third kappa shape index (κ3) is 1.21. The molecule has 1 aliphatic heterocycles. The summed E-state index contributed by atoms with van der Waals surface area (Å²) in [5.74, 6) is 0.332. The summed E-state index contributed by atoms with van der Waals surface area (Å²) in [5.41, 5.74) is 6.88. The van der Waals surface area contributed by atoms with Gasteiger partial charge in [0.15, 0.2) is 0 Å². The first-order chi connectivity index (χ1) is 5.77. The average molecular weight is 167 g/mol. The summed E-state index contributed by atoms with van der Waals surface area (Å²) < 4.78 is 1.71. The zero-order chi connectivity index (χ0) is 8.55. The second kappa shape index (κ2) is 2.84. The van der Waals surface area contributed by atoms with E-state index in [2.05, 4.69) is 15.6 Å². The van der Waals surface area contributed by atoms with Crippen LogP contribution in [-0.2, 0) is 7.05 Å². The number of hydrogen-bond donors (Lipinski definition) is 2. The first kappa shape index (κ1) is 7.70. The molecule has 5 heteroatoms. The fraction of sp³-hybridized carbons (Fsp3) is 0.714. The molecule has 1 aromatic rings. The van der Waals surface area contributed by atoms with Gasteiger partial charge in [0, 0.05) is 38.3 Å². The van der Waals surface area contributed by atoms with Gasteiger partial charge < -0.3 is 11.1 Å². The van der Waals surface area contributed by atoms with Gasteiger partial charge >= 0.3 is 0 Å². The summed E-state index contributed by atoms with van der Waals surface area (Å²) in [6, 6.07) is 0.182. The first-order valence-electron chi connectivity index (χ1n) is 4.10. The lowest BCUT2D eigenvalue weighted by atomic mass is 10.0. The van der Waals surface area contributed by atoms with E-state index in [0.717, 1.165) is 18.8 Å². The predicted molar refractivity (Wildman–Crippen MR) is 44.6 cm³/mol. The number of nitrogens with one attached hydrogen (secondary N) is 1. The lowest BCUT2D eigenvalue weighted by Crippen LogP contribution is -2.27. The van der Waals surface area contributed by atoms with Gasteiger partial charge in [-0.05, 0) is 0 Å². The molecule has 1 aliphatic rings. The van der Waals surface area contributed by atoms with Crippen LogP contribution in [0.2, 0.25) is 0 Å². The third-order valence-electron chi connectivity index (χ3n) is 2.26. The molecule has 0 bridgehead atoms. The summed E-state index contributed by atoms with van der Waals surface area (Å²) in [6.07, 6.45) is 1.93. The maximum atomic E-state index is 5.88. The Balaban J connectivity index is 2.19. The van der Waals surface area contributed by atoms with Crippen molar-refractivity contribution in [2.75, 3.05) is 13.1 Å². The molecule has 0 spiro atoms. The summed E-state index contributed by atoms with van der Waals surface area (Å²) in [4.78, 5) is 0. The molecule has 0 aromatic carbocycles. The van der Waals surface area contributed by atoms with E-state index in [9.17, 15) is 0 Å². The molecule has 1 saturated heterocycles. The normalized spacial score (nSPS) is 29.5. The minimum absolute atomic E-state index is 0.182. The minimum Gasteiger partial charge on any atom is -0.326 e. The van der Waals surface area contributed by atoms with Gasteiger partial charge in [-0.2, -0.15) is 0 Å². The molecule has 12 heavy (non-hydrogen) atoms. The van der Waals surface area contributed by atoms with Gasteiger partial charge in [0.05, 0.1) is 5.69 Å². The quantitative estimate of drug-likeness (QED) is 0.553. The van der Waals surface area contributed by atoms with Gasteiger partial charge in [-0.25, -0.2) is 0 Å². The molecular formula is C7H13N5. The van der Waals surface area contributed by atoms with E-state index < -0.39 is 0 Å². The molecule has 2 heterocycles. The van der Waals surface area contributed by atoms with Crippen molar-refractivity contribution in [3.63, 3.8) is 0 Å². The summed E-state index contributed by atoms with van der Waals surface area (Å²) in [5, 5.41) is 11.1. The number of hydrogen-bond acceptors (Lipinski definition) is 4. The van der Waals surface area contributed by atoms with Crippen LogP contribution in [0.3, 0.4) is 0 Å². The number of aromatic nitrogens is 3. The highest BCUT2D eigenvalue weighted by molar-refractivity contribution is 5.10. The van der Waals surface area contributed by atoms with Crippen LogP contribution < -0.4 is 11.1 Å². The summed E-state index contributed by atoms with van der Waals surface area (Å²) >= 11 is 0. The highest BCUT2D eigenvalue weighted by Gasteiger charge is 2.27. The van der Waals surface area contributed by atoms with Crippen LogP contribution in [-0.4, -0.2) is 34.1 Å². The Bertz CT molecular complexity index is 269. The Morgan fingerprint density at radius 1 is 1.67 bits per heavy atom. The SMILES string of the molecule is Cn1cc(C2CNCC2N)nn1. The maximum Gasteiger partial charge on any atom is 0.0886 e. The summed E-state index contributed by atoms with van der Waals surface area (Å²) in [6.45, 7) is 1.79. The molecule has 2 unspecified atom stereocenters. The van der Waals surface area contributed by atoms with E-state index >= 15 is 0 Å². The van der Waals surface area contributed by atoms with Crippen molar-refractivity contribution in [2.24, 2.45) is 12.8 Å². The zero-order valence-corrected chi connectivity index (χ0v) is 7.07. The number of nitrogens with two attached hydrogens (primary N) is 1. The van der Waals surface area contributed by atoms with E-state index in [4.69, 9.17) is 5.73 Å². The number of rotatable bonds is 1. The van der Waals surface area contributed by atoms with Gasteiger partial charge in [0.25, 0.3) is 0 Å². The van der Waals surface area contributed by atoms with Gasteiger partial charge in [-0.15, -0.1) is 5.10 Å².